The maximum Gasteiger partial charge on any atom is 0.255 e. The van der Waals surface area contributed by atoms with Crippen LogP contribution in [-0.2, 0) is 14.8 Å². The molecule has 0 atom stereocenters. The lowest BCUT2D eigenvalue weighted by atomic mass is 10.2. The van der Waals surface area contributed by atoms with E-state index in [9.17, 15) is 18.0 Å². The van der Waals surface area contributed by atoms with Crippen molar-refractivity contribution in [2.24, 2.45) is 0 Å². The Kier molecular flexibility index (Phi) is 8.46. The number of sulfonamides is 1. The minimum absolute atomic E-state index is 0.192. The number of hydrogen-bond donors (Lipinski definition) is 2. The molecule has 8 nitrogen and oxygen atoms in total. The second-order valence-electron chi connectivity index (χ2n) is 7.96. The maximum absolute atomic E-state index is 13.2. The quantitative estimate of drug-likeness (QED) is 0.612. The number of anilines is 1. The van der Waals surface area contributed by atoms with Crippen molar-refractivity contribution in [3.63, 3.8) is 0 Å². The van der Waals surface area contributed by atoms with Crippen LogP contribution in [0.25, 0.3) is 0 Å². The number of nitrogens with one attached hydrogen (secondary N) is 2. The molecule has 3 rings (SSSR count). The van der Waals surface area contributed by atoms with Crippen molar-refractivity contribution in [1.29, 1.82) is 0 Å². The molecular formula is C24H31N3O5S. The van der Waals surface area contributed by atoms with E-state index < -0.39 is 21.8 Å². The van der Waals surface area contributed by atoms with E-state index in [1.807, 2.05) is 6.92 Å². The van der Waals surface area contributed by atoms with Crippen molar-refractivity contribution < 1.29 is 22.7 Å². The van der Waals surface area contributed by atoms with Gasteiger partial charge < -0.3 is 15.4 Å². The molecule has 2 amide bonds. The van der Waals surface area contributed by atoms with Crippen molar-refractivity contribution in [2.75, 3.05) is 31.6 Å². The number of nitrogens with zero attached hydrogens (tertiary/aromatic N) is 1. The van der Waals surface area contributed by atoms with E-state index in [4.69, 9.17) is 4.74 Å². The summed E-state index contributed by atoms with van der Waals surface area (Å²) in [5.41, 5.74) is 1.33. The first-order valence-corrected chi connectivity index (χ1v) is 12.7. The Morgan fingerprint density at radius 1 is 1.03 bits per heavy atom. The average Bonchev–Trinajstić information content (AvgIpc) is 3.09. The lowest BCUT2D eigenvalue weighted by Crippen LogP contribution is -2.33. The highest BCUT2D eigenvalue weighted by molar-refractivity contribution is 7.89. The van der Waals surface area contributed by atoms with Crippen LogP contribution < -0.4 is 15.4 Å². The predicted molar refractivity (Wildman–Crippen MR) is 127 cm³/mol. The summed E-state index contributed by atoms with van der Waals surface area (Å²) in [7, 11) is -3.65. The predicted octanol–water partition coefficient (Wildman–Crippen LogP) is 3.33. The van der Waals surface area contributed by atoms with Crippen LogP contribution in [0.4, 0.5) is 5.69 Å². The largest absolute Gasteiger partial charge is 0.493 e. The normalized spacial score (nSPS) is 14.8. The van der Waals surface area contributed by atoms with Crippen LogP contribution >= 0.6 is 0 Å². The molecule has 9 heteroatoms. The van der Waals surface area contributed by atoms with E-state index >= 15 is 0 Å². The van der Waals surface area contributed by atoms with E-state index in [2.05, 4.69) is 10.6 Å². The van der Waals surface area contributed by atoms with Gasteiger partial charge >= 0.3 is 0 Å². The van der Waals surface area contributed by atoms with Crippen LogP contribution in [0.15, 0.2) is 47.4 Å². The molecule has 178 valence electrons. The number of carbonyl (C=O) groups excluding carboxylic acids is 2. The highest BCUT2D eigenvalue weighted by Crippen LogP contribution is 2.26. The van der Waals surface area contributed by atoms with Crippen molar-refractivity contribution in [3.05, 3.63) is 53.6 Å². The van der Waals surface area contributed by atoms with Crippen molar-refractivity contribution in [3.8, 4) is 5.75 Å². The molecule has 1 heterocycles. The van der Waals surface area contributed by atoms with E-state index in [1.54, 1.807) is 43.3 Å². The van der Waals surface area contributed by atoms with Crippen molar-refractivity contribution >= 4 is 27.5 Å². The zero-order valence-electron chi connectivity index (χ0n) is 19.1. The van der Waals surface area contributed by atoms with Gasteiger partial charge in [0.25, 0.3) is 5.91 Å². The zero-order chi connectivity index (χ0) is 23.8. The van der Waals surface area contributed by atoms with Crippen LogP contribution in [0.5, 0.6) is 5.75 Å². The Hall–Kier alpha value is -2.91. The van der Waals surface area contributed by atoms with E-state index in [0.29, 0.717) is 42.3 Å². The number of aryl methyl sites for hydroxylation is 1. The number of hydrogen-bond acceptors (Lipinski definition) is 5. The molecule has 0 aliphatic carbocycles. The number of ether oxygens (including phenoxy) is 1. The molecule has 2 N–H and O–H groups in total. The van der Waals surface area contributed by atoms with E-state index in [1.165, 1.54) is 10.4 Å². The van der Waals surface area contributed by atoms with Gasteiger partial charge in [-0.15, -0.1) is 0 Å². The molecule has 0 unspecified atom stereocenters. The number of amides is 2. The molecule has 1 aliphatic rings. The van der Waals surface area contributed by atoms with Crippen LogP contribution in [0.3, 0.4) is 0 Å². The first-order chi connectivity index (χ1) is 15.8. The summed E-state index contributed by atoms with van der Waals surface area (Å²) in [6.07, 6.45) is 3.76. The fraction of sp³-hybridized carbons (Fsp3) is 0.417. The topological polar surface area (TPSA) is 105 Å². The van der Waals surface area contributed by atoms with Gasteiger partial charge in [-0.05, 0) is 56.5 Å². The summed E-state index contributed by atoms with van der Waals surface area (Å²) in [6, 6.07) is 11.6. The van der Waals surface area contributed by atoms with Crippen LogP contribution in [0, 0.1) is 6.92 Å². The SMILES string of the molecule is CCOc1ccccc1C(=O)NCC(=O)Nc1ccc(C)c(S(=O)(=O)N2CCCCCC2)c1. The first-order valence-electron chi connectivity index (χ1n) is 11.2. The second-order valence-corrected chi connectivity index (χ2v) is 9.86. The third-order valence-electron chi connectivity index (χ3n) is 5.50. The third kappa shape index (κ3) is 6.33. The smallest absolute Gasteiger partial charge is 0.255 e. The molecular weight excluding hydrogens is 442 g/mol. The number of rotatable bonds is 8. The van der Waals surface area contributed by atoms with Gasteiger partial charge in [-0.25, -0.2) is 8.42 Å². The fourth-order valence-corrected chi connectivity index (χ4v) is 5.54. The van der Waals surface area contributed by atoms with E-state index in [0.717, 1.165) is 25.7 Å². The Bertz CT molecular complexity index is 1090. The van der Waals surface area contributed by atoms with Crippen molar-refractivity contribution in [2.45, 2.75) is 44.4 Å². The Morgan fingerprint density at radius 2 is 1.73 bits per heavy atom. The lowest BCUT2D eigenvalue weighted by molar-refractivity contribution is -0.115. The zero-order valence-corrected chi connectivity index (χ0v) is 19.9. The van der Waals surface area contributed by atoms with Gasteiger partial charge in [-0.2, -0.15) is 4.31 Å². The number of para-hydroxylation sites is 1. The molecule has 1 aliphatic heterocycles. The molecule has 0 radical (unpaired) electrons. The summed E-state index contributed by atoms with van der Waals surface area (Å²) in [5.74, 6) is -0.443. The summed E-state index contributed by atoms with van der Waals surface area (Å²) in [5, 5.41) is 5.25. The number of benzene rings is 2. The maximum atomic E-state index is 13.2. The molecule has 1 fully saturated rings. The van der Waals surface area contributed by atoms with Gasteiger partial charge in [0.15, 0.2) is 0 Å². The molecule has 0 bridgehead atoms. The van der Waals surface area contributed by atoms with Crippen molar-refractivity contribution in [1.82, 2.24) is 9.62 Å². The van der Waals surface area contributed by atoms with Gasteiger partial charge in [0, 0.05) is 18.8 Å². The van der Waals surface area contributed by atoms with E-state index in [-0.39, 0.29) is 11.4 Å². The minimum Gasteiger partial charge on any atom is -0.493 e. The average molecular weight is 474 g/mol. The Balaban J connectivity index is 1.66. The van der Waals surface area contributed by atoms with Crippen LogP contribution in [-0.4, -0.2) is 50.8 Å². The lowest BCUT2D eigenvalue weighted by Gasteiger charge is -2.21. The first kappa shape index (κ1) is 24.7. The fourth-order valence-electron chi connectivity index (χ4n) is 3.77. The minimum atomic E-state index is -3.65. The molecule has 1 saturated heterocycles. The highest BCUT2D eigenvalue weighted by Gasteiger charge is 2.27. The Labute approximate surface area is 195 Å². The van der Waals surface area contributed by atoms with Crippen LogP contribution in [0.2, 0.25) is 0 Å². The summed E-state index contributed by atoms with van der Waals surface area (Å²) in [6.45, 7) is 4.74. The molecule has 2 aromatic carbocycles. The number of carbonyl (C=O) groups is 2. The highest BCUT2D eigenvalue weighted by atomic mass is 32.2. The summed E-state index contributed by atoms with van der Waals surface area (Å²) >= 11 is 0. The second kappa shape index (κ2) is 11.3. The van der Waals surface area contributed by atoms with Gasteiger partial charge in [-0.3, -0.25) is 9.59 Å². The standard InChI is InChI=1S/C24H31N3O5S/c1-3-32-21-11-7-6-10-20(21)24(29)25-17-23(28)26-19-13-12-18(2)22(16-19)33(30,31)27-14-8-4-5-9-15-27/h6-7,10-13,16H,3-5,8-9,14-15,17H2,1-2H3,(H,25,29)(H,26,28). The third-order valence-corrected chi connectivity index (χ3v) is 7.54. The summed E-state index contributed by atoms with van der Waals surface area (Å²) < 4.78 is 33.4. The van der Waals surface area contributed by atoms with Gasteiger partial charge in [0.2, 0.25) is 15.9 Å². The molecule has 33 heavy (non-hydrogen) atoms. The molecule has 0 aromatic heterocycles. The molecule has 2 aromatic rings. The van der Waals surface area contributed by atoms with Gasteiger partial charge in [0.1, 0.15) is 5.75 Å². The summed E-state index contributed by atoms with van der Waals surface area (Å²) in [4.78, 5) is 25.1. The Morgan fingerprint density at radius 3 is 2.42 bits per heavy atom. The van der Waals surface area contributed by atoms with Gasteiger partial charge in [-0.1, -0.05) is 31.0 Å². The van der Waals surface area contributed by atoms with Crippen LogP contribution in [0.1, 0.15) is 48.5 Å². The molecule has 0 saturated carbocycles. The monoisotopic (exact) mass is 473 g/mol. The van der Waals surface area contributed by atoms with Gasteiger partial charge in [0.05, 0.1) is 23.6 Å². The molecule has 0 spiro atoms.